The molecule has 0 saturated heterocycles. The summed E-state index contributed by atoms with van der Waals surface area (Å²) in [5.41, 5.74) is 1.19. The van der Waals surface area contributed by atoms with E-state index in [0.717, 1.165) is 14.9 Å². The zero-order valence-electron chi connectivity index (χ0n) is 13.4. The summed E-state index contributed by atoms with van der Waals surface area (Å²) in [6, 6.07) is 7.45. The molecule has 0 atom stereocenters. The van der Waals surface area contributed by atoms with Crippen LogP contribution in [0.5, 0.6) is 0 Å². The number of amides is 1. The Morgan fingerprint density at radius 3 is 2.46 bits per heavy atom. The number of rotatable bonds is 5. The largest absolute Gasteiger partial charge is 0.301 e. The lowest BCUT2D eigenvalue weighted by molar-refractivity contribution is -0.116. The lowest BCUT2D eigenvalue weighted by Gasteiger charge is -2.16. The number of carbonyl (C=O) groups excluding carboxylic acids is 1. The van der Waals surface area contributed by atoms with E-state index in [1.54, 1.807) is 0 Å². The van der Waals surface area contributed by atoms with Crippen molar-refractivity contribution in [1.82, 2.24) is 9.29 Å². The number of nitrogens with zero attached hydrogens (tertiary/aromatic N) is 3. The van der Waals surface area contributed by atoms with Gasteiger partial charge < -0.3 is 5.32 Å². The summed E-state index contributed by atoms with van der Waals surface area (Å²) in [4.78, 5) is 17.2. The fourth-order valence-corrected chi connectivity index (χ4v) is 3.81. The van der Waals surface area contributed by atoms with E-state index in [1.165, 1.54) is 42.6 Å². The van der Waals surface area contributed by atoms with Crippen molar-refractivity contribution >= 4 is 32.4 Å². The number of benzene rings is 1. The first-order chi connectivity index (χ1) is 11.2. The van der Waals surface area contributed by atoms with E-state index in [4.69, 9.17) is 5.26 Å². The van der Waals surface area contributed by atoms with Crippen molar-refractivity contribution in [2.45, 2.75) is 18.7 Å². The minimum absolute atomic E-state index is 0.0257. The summed E-state index contributed by atoms with van der Waals surface area (Å²) in [7, 11) is -2.48. The van der Waals surface area contributed by atoms with Crippen molar-refractivity contribution < 1.29 is 13.2 Å². The summed E-state index contributed by atoms with van der Waals surface area (Å²) >= 11 is 1.34. The molecule has 2 aromatic rings. The van der Waals surface area contributed by atoms with E-state index >= 15 is 0 Å². The fraction of sp³-hybridized carbons (Fsp3) is 0.267. The molecule has 24 heavy (non-hydrogen) atoms. The molecule has 0 saturated carbocycles. The molecule has 0 radical (unpaired) electrons. The Bertz CT molecular complexity index is 876. The van der Waals surface area contributed by atoms with Gasteiger partial charge in [-0.2, -0.15) is 9.57 Å². The molecule has 0 aliphatic rings. The van der Waals surface area contributed by atoms with Gasteiger partial charge in [0.1, 0.15) is 0 Å². The van der Waals surface area contributed by atoms with E-state index in [2.05, 4.69) is 10.3 Å². The molecule has 0 aliphatic carbocycles. The second-order valence-corrected chi connectivity index (χ2v) is 8.35. The van der Waals surface area contributed by atoms with Crippen molar-refractivity contribution in [3.63, 3.8) is 0 Å². The highest BCUT2D eigenvalue weighted by molar-refractivity contribution is 7.89. The number of aromatic nitrogens is 1. The first kappa shape index (κ1) is 18.1. The van der Waals surface area contributed by atoms with Crippen molar-refractivity contribution in [1.29, 1.82) is 5.26 Å². The van der Waals surface area contributed by atoms with E-state index in [0.29, 0.717) is 10.7 Å². The van der Waals surface area contributed by atoms with Crippen LogP contribution in [0.25, 0.3) is 0 Å². The number of anilines is 1. The van der Waals surface area contributed by atoms with Crippen molar-refractivity contribution in [2.75, 3.05) is 18.9 Å². The zero-order valence-corrected chi connectivity index (χ0v) is 15.0. The molecule has 126 valence electrons. The van der Waals surface area contributed by atoms with Crippen LogP contribution in [0.2, 0.25) is 0 Å². The summed E-state index contributed by atoms with van der Waals surface area (Å²) in [6.07, 6.45) is 0. The second kappa shape index (κ2) is 7.09. The molecule has 1 aromatic heterocycles. The third kappa shape index (κ3) is 3.97. The van der Waals surface area contributed by atoms with E-state index in [-0.39, 0.29) is 11.4 Å². The SMILES string of the molecule is Cc1nc(NC(=O)CN(C)S(=O)(=O)c2ccc(C#N)cc2)sc1C. The molecule has 1 N–H and O–H groups in total. The van der Waals surface area contributed by atoms with Gasteiger partial charge in [0.25, 0.3) is 0 Å². The maximum Gasteiger partial charge on any atom is 0.243 e. The monoisotopic (exact) mass is 364 g/mol. The number of likely N-dealkylation sites (N-methyl/N-ethyl adjacent to an activating group) is 1. The third-order valence-corrected chi connectivity index (χ3v) is 6.14. The smallest absolute Gasteiger partial charge is 0.243 e. The average molecular weight is 364 g/mol. The number of hydrogen-bond acceptors (Lipinski definition) is 6. The van der Waals surface area contributed by atoms with Crippen LogP contribution in [0.1, 0.15) is 16.1 Å². The standard InChI is InChI=1S/C15H16N4O3S2/c1-10-11(2)23-15(17-10)18-14(20)9-19(3)24(21,22)13-6-4-12(8-16)5-7-13/h4-7H,9H2,1-3H3,(H,17,18,20). The van der Waals surface area contributed by atoms with Gasteiger partial charge in [0.05, 0.1) is 28.8 Å². The molecule has 0 fully saturated rings. The normalized spacial score (nSPS) is 11.3. The van der Waals surface area contributed by atoms with Crippen LogP contribution in [0.4, 0.5) is 5.13 Å². The quantitative estimate of drug-likeness (QED) is 0.872. The van der Waals surface area contributed by atoms with Crippen LogP contribution in [0, 0.1) is 25.2 Å². The lowest BCUT2D eigenvalue weighted by Crippen LogP contribution is -2.34. The van der Waals surface area contributed by atoms with Gasteiger partial charge in [-0.15, -0.1) is 11.3 Å². The first-order valence-electron chi connectivity index (χ1n) is 6.94. The zero-order chi connectivity index (χ0) is 17.9. The predicted molar refractivity (Wildman–Crippen MR) is 91.2 cm³/mol. The van der Waals surface area contributed by atoms with E-state index < -0.39 is 15.9 Å². The average Bonchev–Trinajstić information content (AvgIpc) is 2.84. The molecule has 0 spiro atoms. The molecule has 0 bridgehead atoms. The van der Waals surface area contributed by atoms with Gasteiger partial charge in [-0.05, 0) is 38.1 Å². The highest BCUT2D eigenvalue weighted by Crippen LogP contribution is 2.21. The highest BCUT2D eigenvalue weighted by Gasteiger charge is 2.23. The molecular formula is C15H16N4O3S2. The summed E-state index contributed by atoms with van der Waals surface area (Å²) < 4.78 is 25.8. The predicted octanol–water partition coefficient (Wildman–Crippen LogP) is 1.89. The molecule has 1 amide bonds. The number of carbonyl (C=O) groups is 1. The summed E-state index contributed by atoms with van der Waals surface area (Å²) in [5.74, 6) is -0.469. The van der Waals surface area contributed by atoms with Crippen LogP contribution in [0.15, 0.2) is 29.2 Å². The fourth-order valence-electron chi connectivity index (χ4n) is 1.85. The van der Waals surface area contributed by atoms with Gasteiger partial charge >= 0.3 is 0 Å². The number of thiazole rings is 1. The molecule has 2 rings (SSSR count). The molecule has 1 aromatic carbocycles. The van der Waals surface area contributed by atoms with Gasteiger partial charge in [0.2, 0.25) is 15.9 Å². The Hall–Kier alpha value is -2.28. The molecule has 0 aliphatic heterocycles. The highest BCUT2D eigenvalue weighted by atomic mass is 32.2. The lowest BCUT2D eigenvalue weighted by atomic mass is 10.2. The second-order valence-electron chi connectivity index (χ2n) is 5.11. The Labute approximate surface area is 144 Å². The van der Waals surface area contributed by atoms with Gasteiger partial charge in [-0.3, -0.25) is 4.79 Å². The molecular weight excluding hydrogens is 348 g/mol. The van der Waals surface area contributed by atoms with Gasteiger partial charge in [-0.1, -0.05) is 0 Å². The van der Waals surface area contributed by atoms with Crippen LogP contribution >= 0.6 is 11.3 Å². The van der Waals surface area contributed by atoms with Crippen molar-refractivity contribution in [3.8, 4) is 6.07 Å². The van der Waals surface area contributed by atoms with Crippen molar-refractivity contribution in [2.24, 2.45) is 0 Å². The van der Waals surface area contributed by atoms with E-state index in [1.807, 2.05) is 19.9 Å². The van der Waals surface area contributed by atoms with Gasteiger partial charge in [0, 0.05) is 11.9 Å². The minimum Gasteiger partial charge on any atom is -0.301 e. The minimum atomic E-state index is -3.81. The van der Waals surface area contributed by atoms with Crippen LogP contribution < -0.4 is 5.32 Å². The summed E-state index contributed by atoms with van der Waals surface area (Å²) in [5, 5.41) is 11.8. The van der Waals surface area contributed by atoms with Gasteiger partial charge in [0.15, 0.2) is 5.13 Å². The Morgan fingerprint density at radius 1 is 1.33 bits per heavy atom. The van der Waals surface area contributed by atoms with Crippen LogP contribution in [-0.4, -0.2) is 37.2 Å². The van der Waals surface area contributed by atoms with Crippen LogP contribution in [-0.2, 0) is 14.8 Å². The van der Waals surface area contributed by atoms with Crippen LogP contribution in [0.3, 0.4) is 0 Å². The Morgan fingerprint density at radius 2 is 1.96 bits per heavy atom. The van der Waals surface area contributed by atoms with Gasteiger partial charge in [-0.25, -0.2) is 13.4 Å². The molecule has 1 heterocycles. The Kier molecular flexibility index (Phi) is 5.33. The summed E-state index contributed by atoms with van der Waals surface area (Å²) in [6.45, 7) is 3.40. The number of nitriles is 1. The first-order valence-corrected chi connectivity index (χ1v) is 9.20. The third-order valence-electron chi connectivity index (χ3n) is 3.33. The molecule has 7 nitrogen and oxygen atoms in total. The maximum absolute atomic E-state index is 12.4. The number of hydrogen-bond donors (Lipinski definition) is 1. The van der Waals surface area contributed by atoms with E-state index in [9.17, 15) is 13.2 Å². The van der Waals surface area contributed by atoms with Crippen molar-refractivity contribution in [3.05, 3.63) is 40.4 Å². The topological polar surface area (TPSA) is 103 Å². The molecule has 0 unspecified atom stereocenters. The number of aryl methyl sites for hydroxylation is 2. The Balaban J connectivity index is 2.07. The molecule has 9 heteroatoms. The maximum atomic E-state index is 12.4. The number of nitrogens with one attached hydrogen (secondary N) is 1. The number of sulfonamides is 1.